The molecule has 0 aliphatic carbocycles. The molecule has 0 saturated carbocycles. The van der Waals surface area contributed by atoms with Gasteiger partial charge in [-0.15, -0.1) is 0 Å². The van der Waals surface area contributed by atoms with Gasteiger partial charge >= 0.3 is 6.18 Å². The van der Waals surface area contributed by atoms with E-state index in [9.17, 15) is 13.2 Å². The number of alkyl halides is 3. The van der Waals surface area contributed by atoms with Crippen molar-refractivity contribution in [3.05, 3.63) is 59.5 Å². The second-order valence-electron chi connectivity index (χ2n) is 5.52. The van der Waals surface area contributed by atoms with Gasteiger partial charge < -0.3 is 5.11 Å². The topological polar surface area (TPSA) is 50.9 Å². The lowest BCUT2D eigenvalue weighted by atomic mass is 10.1. The van der Waals surface area contributed by atoms with Gasteiger partial charge in [-0.1, -0.05) is 24.3 Å². The summed E-state index contributed by atoms with van der Waals surface area (Å²) >= 11 is 0. The minimum absolute atomic E-state index is 0.102. The van der Waals surface area contributed by atoms with E-state index in [1.807, 2.05) is 30.3 Å². The minimum Gasteiger partial charge on any atom is -0.396 e. The first-order valence-electron chi connectivity index (χ1n) is 7.56. The molecule has 3 rings (SSSR count). The number of hydrogen-bond donors (Lipinski definition) is 1. The number of benzene rings is 1. The zero-order valence-corrected chi connectivity index (χ0v) is 12.8. The van der Waals surface area contributed by atoms with Gasteiger partial charge in [-0.2, -0.15) is 18.3 Å². The summed E-state index contributed by atoms with van der Waals surface area (Å²) in [6.07, 6.45) is -1.04. The molecule has 2 heterocycles. The van der Waals surface area contributed by atoms with Crippen molar-refractivity contribution in [2.75, 3.05) is 6.61 Å². The Balaban J connectivity index is 1.96. The van der Waals surface area contributed by atoms with Crippen LogP contribution in [0.25, 0.3) is 10.9 Å². The molecule has 0 spiro atoms. The van der Waals surface area contributed by atoms with E-state index in [4.69, 9.17) is 5.11 Å². The molecule has 0 aliphatic rings. The standard InChI is InChI=1S/C17H16F3N3O/c18-17(19,20)16-14(7-3-9-24)11-23(22-16)10-13-5-1-4-12-6-2-8-21-15(12)13/h1-2,4-6,8,11,24H,3,7,9-10H2. The van der Waals surface area contributed by atoms with E-state index in [1.54, 1.807) is 6.20 Å². The molecule has 7 heteroatoms. The predicted molar refractivity (Wildman–Crippen MR) is 83.5 cm³/mol. The molecule has 0 aliphatic heterocycles. The molecule has 24 heavy (non-hydrogen) atoms. The van der Waals surface area contributed by atoms with Crippen LogP contribution in [0.4, 0.5) is 13.2 Å². The second-order valence-corrected chi connectivity index (χ2v) is 5.52. The number of pyridine rings is 1. The van der Waals surface area contributed by atoms with Crippen molar-refractivity contribution < 1.29 is 18.3 Å². The van der Waals surface area contributed by atoms with E-state index in [1.165, 1.54) is 10.9 Å². The lowest BCUT2D eigenvalue weighted by Crippen LogP contribution is -2.10. The Morgan fingerprint density at radius 1 is 1.08 bits per heavy atom. The fourth-order valence-electron chi connectivity index (χ4n) is 2.70. The van der Waals surface area contributed by atoms with E-state index in [2.05, 4.69) is 10.1 Å². The maximum atomic E-state index is 13.1. The Morgan fingerprint density at radius 2 is 1.88 bits per heavy atom. The molecule has 4 nitrogen and oxygen atoms in total. The van der Waals surface area contributed by atoms with Crippen LogP contribution in [-0.4, -0.2) is 26.5 Å². The first-order valence-corrected chi connectivity index (χ1v) is 7.56. The molecule has 2 aromatic heterocycles. The SMILES string of the molecule is OCCCc1cn(Cc2cccc3cccnc23)nc1C(F)(F)F. The van der Waals surface area contributed by atoms with Crippen molar-refractivity contribution >= 4 is 10.9 Å². The summed E-state index contributed by atoms with van der Waals surface area (Å²) in [5.74, 6) is 0. The van der Waals surface area contributed by atoms with Gasteiger partial charge in [-0.05, 0) is 24.5 Å². The highest BCUT2D eigenvalue weighted by molar-refractivity contribution is 5.81. The number of aryl methyl sites for hydroxylation is 1. The van der Waals surface area contributed by atoms with E-state index < -0.39 is 11.9 Å². The van der Waals surface area contributed by atoms with Crippen LogP contribution < -0.4 is 0 Å². The number of fused-ring (bicyclic) bond motifs is 1. The zero-order valence-electron chi connectivity index (χ0n) is 12.8. The minimum atomic E-state index is -4.51. The number of para-hydroxylation sites is 1. The maximum absolute atomic E-state index is 13.1. The second kappa shape index (κ2) is 6.60. The van der Waals surface area contributed by atoms with Crippen molar-refractivity contribution in [2.24, 2.45) is 0 Å². The Morgan fingerprint density at radius 3 is 2.62 bits per heavy atom. The number of aromatic nitrogens is 3. The highest BCUT2D eigenvalue weighted by Crippen LogP contribution is 2.31. The van der Waals surface area contributed by atoms with Crippen molar-refractivity contribution in [2.45, 2.75) is 25.6 Å². The smallest absolute Gasteiger partial charge is 0.396 e. The molecule has 0 unspecified atom stereocenters. The fraction of sp³-hybridized carbons (Fsp3) is 0.294. The molecule has 0 radical (unpaired) electrons. The van der Waals surface area contributed by atoms with Crippen molar-refractivity contribution in [3.63, 3.8) is 0 Å². The van der Waals surface area contributed by atoms with Crippen LogP contribution in [0, 0.1) is 0 Å². The van der Waals surface area contributed by atoms with Gasteiger partial charge in [-0.3, -0.25) is 9.67 Å². The summed E-state index contributed by atoms with van der Waals surface area (Å²) in [5.41, 5.74) is 0.771. The van der Waals surface area contributed by atoms with Crippen LogP contribution in [0.2, 0.25) is 0 Å². The van der Waals surface area contributed by atoms with Crippen LogP contribution in [0.3, 0.4) is 0 Å². The third-order valence-electron chi connectivity index (χ3n) is 3.76. The van der Waals surface area contributed by atoms with Crippen molar-refractivity contribution in [1.82, 2.24) is 14.8 Å². The van der Waals surface area contributed by atoms with Crippen molar-refractivity contribution in [3.8, 4) is 0 Å². The number of nitrogens with zero attached hydrogens (tertiary/aromatic N) is 3. The van der Waals surface area contributed by atoms with Crippen LogP contribution in [0.1, 0.15) is 23.2 Å². The van der Waals surface area contributed by atoms with E-state index in [0.29, 0.717) is 0 Å². The number of rotatable bonds is 5. The fourth-order valence-corrected chi connectivity index (χ4v) is 2.70. The van der Waals surface area contributed by atoms with Crippen LogP contribution >= 0.6 is 0 Å². The number of hydrogen-bond acceptors (Lipinski definition) is 3. The Kier molecular flexibility index (Phi) is 4.53. The maximum Gasteiger partial charge on any atom is 0.435 e. The lowest BCUT2D eigenvalue weighted by molar-refractivity contribution is -0.142. The number of aliphatic hydroxyl groups excluding tert-OH is 1. The van der Waals surface area contributed by atoms with E-state index in [-0.39, 0.29) is 31.6 Å². The van der Waals surface area contributed by atoms with E-state index in [0.717, 1.165) is 16.5 Å². The Bertz CT molecular complexity index is 837. The predicted octanol–water partition coefficient (Wildman–Crippen LogP) is 3.42. The molecule has 126 valence electrons. The molecular weight excluding hydrogens is 319 g/mol. The molecule has 0 saturated heterocycles. The lowest BCUT2D eigenvalue weighted by Gasteiger charge is -2.06. The molecule has 0 amide bonds. The van der Waals surface area contributed by atoms with Crippen LogP contribution in [-0.2, 0) is 19.1 Å². The summed E-state index contributed by atoms with van der Waals surface area (Å²) in [6, 6.07) is 9.30. The summed E-state index contributed by atoms with van der Waals surface area (Å²) in [6.45, 7) is 0.0479. The normalized spacial score (nSPS) is 12.0. The highest BCUT2D eigenvalue weighted by Gasteiger charge is 2.36. The highest BCUT2D eigenvalue weighted by atomic mass is 19.4. The first-order chi connectivity index (χ1) is 11.5. The first kappa shape index (κ1) is 16.4. The largest absolute Gasteiger partial charge is 0.435 e. The van der Waals surface area contributed by atoms with Crippen LogP contribution in [0.15, 0.2) is 42.7 Å². The molecular formula is C17H16F3N3O. The van der Waals surface area contributed by atoms with Gasteiger partial charge in [0.15, 0.2) is 5.69 Å². The zero-order chi connectivity index (χ0) is 17.2. The molecule has 1 N–H and O–H groups in total. The van der Waals surface area contributed by atoms with Gasteiger partial charge in [0, 0.05) is 30.0 Å². The molecule has 0 fully saturated rings. The van der Waals surface area contributed by atoms with Crippen molar-refractivity contribution in [1.29, 1.82) is 0 Å². The Labute approximate surface area is 136 Å². The molecule has 1 aromatic carbocycles. The average molecular weight is 335 g/mol. The molecule has 3 aromatic rings. The molecule has 0 atom stereocenters. The summed E-state index contributed by atoms with van der Waals surface area (Å²) in [4.78, 5) is 4.31. The summed E-state index contributed by atoms with van der Waals surface area (Å²) in [7, 11) is 0. The van der Waals surface area contributed by atoms with E-state index >= 15 is 0 Å². The number of halogens is 3. The van der Waals surface area contributed by atoms with Gasteiger partial charge in [0.2, 0.25) is 0 Å². The Hall–Kier alpha value is -2.41. The third kappa shape index (κ3) is 3.41. The van der Waals surface area contributed by atoms with Gasteiger partial charge in [0.05, 0.1) is 12.1 Å². The van der Waals surface area contributed by atoms with Gasteiger partial charge in [0.25, 0.3) is 0 Å². The van der Waals surface area contributed by atoms with Gasteiger partial charge in [-0.25, -0.2) is 0 Å². The summed E-state index contributed by atoms with van der Waals surface area (Å²) in [5, 5.41) is 13.5. The molecule has 0 bridgehead atoms. The third-order valence-corrected chi connectivity index (χ3v) is 3.76. The van der Waals surface area contributed by atoms with Gasteiger partial charge in [0.1, 0.15) is 0 Å². The summed E-state index contributed by atoms with van der Waals surface area (Å²) < 4.78 is 40.7. The number of aliphatic hydroxyl groups is 1. The average Bonchev–Trinajstić information content (AvgIpc) is 2.96. The van der Waals surface area contributed by atoms with Crippen LogP contribution in [0.5, 0.6) is 0 Å². The monoisotopic (exact) mass is 335 g/mol. The quantitative estimate of drug-likeness (QED) is 0.777.